The molecule has 0 fully saturated rings. The second-order valence-corrected chi connectivity index (χ2v) is 9.80. The number of ketones is 1. The molecule has 7 heteroatoms. The third-order valence-corrected chi connectivity index (χ3v) is 7.70. The van der Waals surface area contributed by atoms with Crippen LogP contribution in [-0.2, 0) is 4.79 Å². The zero-order chi connectivity index (χ0) is 23.1. The summed E-state index contributed by atoms with van der Waals surface area (Å²) in [6.07, 6.45) is 0. The number of aliphatic hydroxyl groups excluding tert-OH is 1. The summed E-state index contributed by atoms with van der Waals surface area (Å²) >= 11 is 2.72. The topological polar surface area (TPSA) is 70.5 Å². The lowest BCUT2D eigenvalue weighted by Crippen LogP contribution is -2.30. The molecule has 0 aliphatic carbocycles. The predicted molar refractivity (Wildman–Crippen MR) is 132 cm³/mol. The van der Waals surface area contributed by atoms with Gasteiger partial charge in [0.1, 0.15) is 11.0 Å². The van der Waals surface area contributed by atoms with Crippen LogP contribution in [0.5, 0.6) is 0 Å². The van der Waals surface area contributed by atoms with E-state index in [1.165, 1.54) is 27.6 Å². The number of carbonyl (C=O) groups is 2. The molecule has 0 radical (unpaired) electrons. The van der Waals surface area contributed by atoms with Crippen LogP contribution >= 0.6 is 22.7 Å². The lowest BCUT2D eigenvalue weighted by molar-refractivity contribution is -0.117. The van der Waals surface area contributed by atoms with Gasteiger partial charge < -0.3 is 5.11 Å². The fourth-order valence-corrected chi connectivity index (χ4v) is 5.88. The molecule has 1 N–H and O–H groups in total. The summed E-state index contributed by atoms with van der Waals surface area (Å²) in [5.41, 5.74) is 3.21. The number of hydrogen-bond acceptors (Lipinski definition) is 6. The van der Waals surface area contributed by atoms with Gasteiger partial charge in [-0.3, -0.25) is 14.5 Å². The highest BCUT2D eigenvalue weighted by Crippen LogP contribution is 2.44. The minimum Gasteiger partial charge on any atom is -0.503 e. The van der Waals surface area contributed by atoms with E-state index in [4.69, 9.17) is 0 Å². The fourth-order valence-electron chi connectivity index (χ4n) is 4.03. The van der Waals surface area contributed by atoms with Gasteiger partial charge in [-0.2, -0.15) is 0 Å². The number of rotatable bonds is 5. The molecular formula is C26H20N2O3S2. The van der Waals surface area contributed by atoms with Gasteiger partial charge in [0, 0.05) is 16.1 Å². The SMILES string of the molecule is Cc1cccc(N2C(=O)C(O)=C(C(=O)c3sc(-c4ccccc4)nc3C)C2c2cccs2)c1. The maximum atomic E-state index is 13.8. The first-order valence-corrected chi connectivity index (χ1v) is 12.1. The van der Waals surface area contributed by atoms with Crippen LogP contribution in [-0.4, -0.2) is 21.8 Å². The summed E-state index contributed by atoms with van der Waals surface area (Å²) in [6, 6.07) is 20.2. The van der Waals surface area contributed by atoms with Gasteiger partial charge in [-0.15, -0.1) is 22.7 Å². The molecule has 4 aromatic rings. The van der Waals surface area contributed by atoms with Crippen LogP contribution < -0.4 is 4.90 Å². The van der Waals surface area contributed by atoms with E-state index in [0.29, 0.717) is 16.3 Å². The molecule has 1 aliphatic rings. The molecule has 0 saturated carbocycles. The van der Waals surface area contributed by atoms with Crippen molar-refractivity contribution >= 4 is 40.1 Å². The van der Waals surface area contributed by atoms with E-state index in [0.717, 1.165) is 21.0 Å². The van der Waals surface area contributed by atoms with Crippen molar-refractivity contribution in [2.75, 3.05) is 4.90 Å². The predicted octanol–water partition coefficient (Wildman–Crippen LogP) is 6.27. The van der Waals surface area contributed by atoms with Crippen molar-refractivity contribution in [3.63, 3.8) is 0 Å². The molecule has 0 spiro atoms. The molecule has 5 rings (SSSR count). The highest BCUT2D eigenvalue weighted by Gasteiger charge is 2.45. The van der Waals surface area contributed by atoms with Crippen molar-refractivity contribution in [3.8, 4) is 10.6 Å². The number of hydrogen-bond donors (Lipinski definition) is 1. The monoisotopic (exact) mass is 472 g/mol. The maximum Gasteiger partial charge on any atom is 0.294 e. The van der Waals surface area contributed by atoms with E-state index in [2.05, 4.69) is 4.98 Å². The Kier molecular flexibility index (Phi) is 5.44. The van der Waals surface area contributed by atoms with E-state index < -0.39 is 17.7 Å². The molecule has 1 unspecified atom stereocenters. The third-order valence-electron chi connectivity index (χ3n) is 5.57. The van der Waals surface area contributed by atoms with Crippen molar-refractivity contribution < 1.29 is 14.7 Å². The van der Waals surface area contributed by atoms with Crippen LogP contribution in [0.1, 0.15) is 31.8 Å². The van der Waals surface area contributed by atoms with Crippen molar-refractivity contribution in [2.24, 2.45) is 0 Å². The third kappa shape index (κ3) is 3.69. The molecule has 1 aliphatic heterocycles. The van der Waals surface area contributed by atoms with E-state index in [9.17, 15) is 14.7 Å². The maximum absolute atomic E-state index is 13.8. The number of amides is 1. The van der Waals surface area contributed by atoms with Gasteiger partial charge in [0.2, 0.25) is 5.78 Å². The molecule has 3 heterocycles. The summed E-state index contributed by atoms with van der Waals surface area (Å²) < 4.78 is 0. The Morgan fingerprint density at radius 1 is 1.03 bits per heavy atom. The molecule has 33 heavy (non-hydrogen) atoms. The number of carbonyl (C=O) groups excluding carboxylic acids is 2. The zero-order valence-corrected chi connectivity index (χ0v) is 19.6. The number of aryl methyl sites for hydroxylation is 2. The summed E-state index contributed by atoms with van der Waals surface area (Å²) in [5, 5.41) is 13.6. The molecule has 164 valence electrons. The van der Waals surface area contributed by atoms with Crippen molar-refractivity contribution in [2.45, 2.75) is 19.9 Å². The number of aromatic nitrogens is 1. The van der Waals surface area contributed by atoms with Crippen LogP contribution in [0.15, 0.2) is 83.4 Å². The van der Waals surface area contributed by atoms with Crippen LogP contribution in [0.3, 0.4) is 0 Å². The second-order valence-electron chi connectivity index (χ2n) is 7.82. The average molecular weight is 473 g/mol. The van der Waals surface area contributed by atoms with Crippen LogP contribution in [0.25, 0.3) is 10.6 Å². The molecule has 0 saturated heterocycles. The summed E-state index contributed by atoms with van der Waals surface area (Å²) in [5.74, 6) is -1.45. The smallest absolute Gasteiger partial charge is 0.294 e. The summed E-state index contributed by atoms with van der Waals surface area (Å²) in [7, 11) is 0. The van der Waals surface area contributed by atoms with Gasteiger partial charge in [0.05, 0.1) is 16.1 Å². The molecule has 2 aromatic heterocycles. The standard InChI is InChI=1S/C26H20N2O3S2/c1-15-8-6-11-18(14-15)28-21(19-12-7-13-32-19)20(23(30)26(28)31)22(29)24-16(2)27-25(33-24)17-9-4-3-5-10-17/h3-14,21,30H,1-2H3. The number of thiazole rings is 1. The largest absolute Gasteiger partial charge is 0.503 e. The Hall–Kier alpha value is -3.55. The second kappa shape index (κ2) is 8.42. The number of benzene rings is 2. The highest BCUT2D eigenvalue weighted by molar-refractivity contribution is 7.17. The zero-order valence-electron chi connectivity index (χ0n) is 18.0. The first-order valence-electron chi connectivity index (χ1n) is 10.4. The molecule has 2 aromatic carbocycles. The number of aliphatic hydroxyl groups is 1. The van der Waals surface area contributed by atoms with Gasteiger partial charge in [0.15, 0.2) is 5.76 Å². The summed E-state index contributed by atoms with van der Waals surface area (Å²) in [6.45, 7) is 3.72. The van der Waals surface area contributed by atoms with E-state index in [1.807, 2.05) is 79.0 Å². The van der Waals surface area contributed by atoms with Gasteiger partial charge in [0.25, 0.3) is 5.91 Å². The number of Topliss-reactive ketones (excluding diaryl/α,β-unsaturated/α-hetero) is 1. The first-order chi connectivity index (χ1) is 16.0. The Bertz CT molecular complexity index is 1390. The molecular weight excluding hydrogens is 452 g/mol. The van der Waals surface area contributed by atoms with Crippen molar-refractivity contribution in [3.05, 3.63) is 104 Å². The average Bonchev–Trinajstić information content (AvgIpc) is 3.53. The highest BCUT2D eigenvalue weighted by atomic mass is 32.1. The Labute approximate surface area is 199 Å². The normalized spacial score (nSPS) is 16.0. The molecule has 0 bridgehead atoms. The lowest BCUT2D eigenvalue weighted by Gasteiger charge is -2.26. The number of thiophene rings is 1. The Balaban J connectivity index is 1.61. The van der Waals surface area contributed by atoms with Gasteiger partial charge >= 0.3 is 0 Å². The van der Waals surface area contributed by atoms with E-state index in [1.54, 1.807) is 6.92 Å². The van der Waals surface area contributed by atoms with Gasteiger partial charge in [-0.1, -0.05) is 48.5 Å². The molecule has 1 amide bonds. The van der Waals surface area contributed by atoms with Crippen molar-refractivity contribution in [1.29, 1.82) is 0 Å². The lowest BCUT2D eigenvalue weighted by atomic mass is 10.00. The van der Waals surface area contributed by atoms with Crippen LogP contribution in [0.2, 0.25) is 0 Å². The van der Waals surface area contributed by atoms with Gasteiger partial charge in [-0.05, 0) is 43.0 Å². The van der Waals surface area contributed by atoms with E-state index >= 15 is 0 Å². The Morgan fingerprint density at radius 2 is 1.82 bits per heavy atom. The van der Waals surface area contributed by atoms with E-state index in [-0.39, 0.29) is 11.4 Å². The van der Waals surface area contributed by atoms with Crippen molar-refractivity contribution in [1.82, 2.24) is 4.98 Å². The molecule has 1 atom stereocenters. The minimum atomic E-state index is -0.700. The number of nitrogens with zero attached hydrogens (tertiary/aromatic N) is 2. The summed E-state index contributed by atoms with van der Waals surface area (Å²) in [4.78, 5) is 34.4. The van der Waals surface area contributed by atoms with Crippen LogP contribution in [0.4, 0.5) is 5.69 Å². The number of anilines is 1. The van der Waals surface area contributed by atoms with Crippen LogP contribution in [0, 0.1) is 13.8 Å². The molecule has 5 nitrogen and oxygen atoms in total. The quantitative estimate of drug-likeness (QED) is 0.348. The fraction of sp³-hybridized carbons (Fsp3) is 0.115. The minimum absolute atomic E-state index is 0.0929. The first kappa shape index (κ1) is 21.3. The Morgan fingerprint density at radius 3 is 2.52 bits per heavy atom. The van der Waals surface area contributed by atoms with Gasteiger partial charge in [-0.25, -0.2) is 4.98 Å².